The minimum absolute atomic E-state index is 0.579. The normalized spacial score (nSPS) is 14.6. The highest BCUT2D eigenvalue weighted by Crippen LogP contribution is 2.26. The van der Waals surface area contributed by atoms with Crippen molar-refractivity contribution in [1.82, 2.24) is 15.0 Å². The lowest BCUT2D eigenvalue weighted by molar-refractivity contribution is 0.926. The first-order chi connectivity index (χ1) is 10.1. The molecule has 0 unspecified atom stereocenters. The van der Waals surface area contributed by atoms with Crippen molar-refractivity contribution in [1.29, 1.82) is 0 Å². The smallest absolute Gasteiger partial charge is 0.200 e. The summed E-state index contributed by atoms with van der Waals surface area (Å²) in [4.78, 5) is 13.5. The van der Waals surface area contributed by atoms with Gasteiger partial charge in [-0.05, 0) is 48.2 Å². The predicted octanol–water partition coefficient (Wildman–Crippen LogP) is 4.73. The molecule has 0 radical (unpaired) electrons. The van der Waals surface area contributed by atoms with Gasteiger partial charge >= 0.3 is 0 Å². The molecule has 4 heteroatoms. The lowest BCUT2D eigenvalue weighted by Gasteiger charge is -2.12. The van der Waals surface area contributed by atoms with Crippen LogP contribution in [0.15, 0.2) is 46.7 Å². The van der Waals surface area contributed by atoms with E-state index in [0.29, 0.717) is 10.6 Å². The molecule has 0 aliphatic heterocycles. The van der Waals surface area contributed by atoms with Crippen LogP contribution in [0.4, 0.5) is 0 Å². The Morgan fingerprint density at radius 2 is 1.57 bits per heavy atom. The van der Waals surface area contributed by atoms with Crippen LogP contribution in [0.25, 0.3) is 17.0 Å². The first-order valence-corrected chi connectivity index (χ1v) is 7.76. The maximum Gasteiger partial charge on any atom is 0.200 e. The number of benzene rings is 1. The highest BCUT2D eigenvalue weighted by Gasteiger charge is 2.12. The van der Waals surface area contributed by atoms with Crippen molar-refractivity contribution >= 4 is 21.5 Å². The van der Waals surface area contributed by atoms with Crippen LogP contribution in [0.1, 0.15) is 31.2 Å². The summed E-state index contributed by atoms with van der Waals surface area (Å²) in [6.07, 6.45) is 6.29. The van der Waals surface area contributed by atoms with Crippen molar-refractivity contribution in [2.75, 3.05) is 0 Å². The van der Waals surface area contributed by atoms with Gasteiger partial charge in [-0.1, -0.05) is 47.6 Å². The highest BCUT2D eigenvalue weighted by molar-refractivity contribution is 9.10. The van der Waals surface area contributed by atoms with Gasteiger partial charge in [0.2, 0.25) is 4.73 Å². The minimum Gasteiger partial charge on any atom is -0.208 e. The second-order valence-corrected chi connectivity index (χ2v) is 6.03. The molecular weight excluding hydrogens is 326 g/mol. The first-order valence-electron chi connectivity index (χ1n) is 6.97. The molecule has 0 bridgehead atoms. The Labute approximate surface area is 133 Å². The number of hydrogen-bond donors (Lipinski definition) is 0. The van der Waals surface area contributed by atoms with E-state index in [4.69, 9.17) is 0 Å². The van der Waals surface area contributed by atoms with Crippen molar-refractivity contribution in [3.8, 4) is 11.4 Å². The Morgan fingerprint density at radius 3 is 2.24 bits per heavy atom. The summed E-state index contributed by atoms with van der Waals surface area (Å²) >= 11 is 3.40. The maximum atomic E-state index is 4.63. The fourth-order valence-electron chi connectivity index (χ4n) is 2.25. The molecule has 0 fully saturated rings. The second kappa shape index (κ2) is 5.90. The summed E-state index contributed by atoms with van der Waals surface area (Å²) in [5.41, 5.74) is 4.79. The van der Waals surface area contributed by atoms with Crippen LogP contribution in [0.5, 0.6) is 0 Å². The van der Waals surface area contributed by atoms with Gasteiger partial charge in [0.25, 0.3) is 0 Å². The number of nitrogens with zero attached hydrogens (tertiary/aromatic N) is 3. The highest BCUT2D eigenvalue weighted by atomic mass is 79.9. The topological polar surface area (TPSA) is 38.7 Å². The van der Waals surface area contributed by atoms with Crippen LogP contribution in [0, 0.1) is 6.92 Å². The predicted molar refractivity (Wildman–Crippen MR) is 88.7 cm³/mol. The van der Waals surface area contributed by atoms with E-state index in [-0.39, 0.29) is 0 Å². The van der Waals surface area contributed by atoms with Gasteiger partial charge in [-0.15, -0.1) is 0 Å². The summed E-state index contributed by atoms with van der Waals surface area (Å²) in [6, 6.07) is 8.22. The van der Waals surface area contributed by atoms with Crippen molar-refractivity contribution < 1.29 is 0 Å². The zero-order chi connectivity index (χ0) is 14.8. The average molecular weight is 342 g/mol. The van der Waals surface area contributed by atoms with Crippen LogP contribution < -0.4 is 0 Å². The molecule has 1 aromatic carbocycles. The van der Waals surface area contributed by atoms with Gasteiger partial charge in [-0.2, -0.15) is 0 Å². The zero-order valence-electron chi connectivity index (χ0n) is 12.1. The van der Waals surface area contributed by atoms with E-state index >= 15 is 0 Å². The molecule has 0 saturated carbocycles. The van der Waals surface area contributed by atoms with Crippen molar-refractivity contribution in [2.45, 2.75) is 26.7 Å². The van der Waals surface area contributed by atoms with Crippen molar-refractivity contribution in [3.63, 3.8) is 0 Å². The lowest BCUT2D eigenvalue weighted by atomic mass is 9.99. The third-order valence-electron chi connectivity index (χ3n) is 3.56. The molecule has 1 heterocycles. The fraction of sp³-hybridized carbons (Fsp3) is 0.235. The van der Waals surface area contributed by atoms with E-state index in [1.54, 1.807) is 0 Å². The van der Waals surface area contributed by atoms with Crippen LogP contribution in [0.2, 0.25) is 0 Å². The summed E-state index contributed by atoms with van der Waals surface area (Å²) in [7, 11) is 0. The van der Waals surface area contributed by atoms with Crippen LogP contribution >= 0.6 is 15.9 Å². The summed E-state index contributed by atoms with van der Waals surface area (Å²) in [5, 5.41) is 0. The van der Waals surface area contributed by atoms with Crippen molar-refractivity contribution in [2.24, 2.45) is 0 Å². The second-order valence-electron chi connectivity index (χ2n) is 5.32. The molecule has 2 aromatic rings. The Hall–Kier alpha value is -1.81. The third-order valence-corrected chi connectivity index (χ3v) is 3.92. The molecule has 0 saturated heterocycles. The van der Waals surface area contributed by atoms with Gasteiger partial charge in [0.1, 0.15) is 0 Å². The quantitative estimate of drug-likeness (QED) is 0.792. The maximum absolute atomic E-state index is 4.63. The van der Waals surface area contributed by atoms with E-state index in [1.807, 2.05) is 12.1 Å². The molecule has 1 aromatic heterocycles. The van der Waals surface area contributed by atoms with Crippen LogP contribution in [-0.2, 0) is 0 Å². The number of halogens is 1. The molecule has 21 heavy (non-hydrogen) atoms. The summed E-state index contributed by atoms with van der Waals surface area (Å²) in [6.45, 7) is 4.22. The van der Waals surface area contributed by atoms with Crippen molar-refractivity contribution in [3.05, 3.63) is 58.1 Å². The van der Waals surface area contributed by atoms with E-state index < -0.39 is 0 Å². The molecule has 0 atom stereocenters. The first kappa shape index (κ1) is 14.1. The van der Waals surface area contributed by atoms with Gasteiger partial charge in [0.05, 0.1) is 0 Å². The Bertz CT molecular complexity index is 730. The van der Waals surface area contributed by atoms with E-state index in [9.17, 15) is 0 Å². The largest absolute Gasteiger partial charge is 0.208 e. The standard InChI is InChI=1S/C17H16BrN3/c1-11-3-7-13(8-4-11)15-19-16(21-17(18)20-15)14-9-5-12(2)6-10-14/h3-5,7-9H,6,10H2,1-2H3. The van der Waals surface area contributed by atoms with Crippen LogP contribution in [-0.4, -0.2) is 15.0 Å². The van der Waals surface area contributed by atoms with E-state index in [1.165, 1.54) is 11.1 Å². The van der Waals surface area contributed by atoms with Gasteiger partial charge in [0, 0.05) is 5.56 Å². The lowest BCUT2D eigenvalue weighted by Crippen LogP contribution is -2.02. The molecule has 106 valence electrons. The minimum atomic E-state index is 0.579. The average Bonchev–Trinajstić information content (AvgIpc) is 2.48. The fourth-order valence-corrected chi connectivity index (χ4v) is 2.59. The molecule has 3 rings (SSSR count). The number of aryl methyl sites for hydroxylation is 1. The number of allylic oxidation sites excluding steroid dienone is 4. The van der Waals surface area contributed by atoms with E-state index in [2.05, 4.69) is 69.0 Å². The molecule has 0 N–H and O–H groups in total. The SMILES string of the molecule is CC1=CC=C(c2nc(Br)nc(-c3ccc(C)cc3)n2)CC1. The molecule has 1 aliphatic carbocycles. The molecule has 3 nitrogen and oxygen atoms in total. The number of hydrogen-bond acceptors (Lipinski definition) is 3. The summed E-state index contributed by atoms with van der Waals surface area (Å²) < 4.78 is 0.579. The van der Waals surface area contributed by atoms with Gasteiger partial charge in [-0.25, -0.2) is 15.0 Å². The number of rotatable bonds is 2. The molecule has 0 amide bonds. The van der Waals surface area contributed by atoms with Gasteiger partial charge < -0.3 is 0 Å². The molecular formula is C17H16BrN3. The summed E-state index contributed by atoms with van der Waals surface area (Å²) in [5.74, 6) is 1.47. The van der Waals surface area contributed by atoms with Gasteiger partial charge in [-0.3, -0.25) is 0 Å². The van der Waals surface area contributed by atoms with Crippen LogP contribution in [0.3, 0.4) is 0 Å². The Morgan fingerprint density at radius 1 is 0.857 bits per heavy atom. The number of aromatic nitrogens is 3. The Balaban J connectivity index is 2.02. The van der Waals surface area contributed by atoms with E-state index in [0.717, 1.165) is 29.8 Å². The Kier molecular flexibility index (Phi) is 3.97. The van der Waals surface area contributed by atoms with Gasteiger partial charge in [0.15, 0.2) is 11.6 Å². The zero-order valence-corrected chi connectivity index (χ0v) is 13.7. The third kappa shape index (κ3) is 3.27. The monoisotopic (exact) mass is 341 g/mol. The molecule has 1 aliphatic rings. The molecule has 0 spiro atoms.